The highest BCUT2D eigenvalue weighted by molar-refractivity contribution is 9.10. The number of rotatable bonds is 1. The Labute approximate surface area is 102 Å². The zero-order chi connectivity index (χ0) is 11.5. The molecule has 5 heteroatoms. The van der Waals surface area contributed by atoms with E-state index in [-0.39, 0.29) is 0 Å². The van der Waals surface area contributed by atoms with Crippen molar-refractivity contribution >= 4 is 21.8 Å². The molecule has 16 heavy (non-hydrogen) atoms. The maximum Gasteiger partial charge on any atom is 0.134 e. The van der Waals surface area contributed by atoms with Crippen LogP contribution in [0.2, 0.25) is 0 Å². The highest BCUT2D eigenvalue weighted by Gasteiger charge is 2.13. The molecule has 2 rings (SSSR count). The van der Waals surface area contributed by atoms with E-state index in [1.54, 1.807) is 0 Å². The first-order valence-corrected chi connectivity index (χ1v) is 5.46. The highest BCUT2D eigenvalue weighted by Crippen LogP contribution is 2.13. The van der Waals surface area contributed by atoms with Gasteiger partial charge < -0.3 is 11.1 Å². The van der Waals surface area contributed by atoms with Crippen LogP contribution < -0.4 is 11.1 Å². The molecule has 0 saturated carbocycles. The molecule has 4 nitrogen and oxygen atoms in total. The first-order chi connectivity index (χ1) is 7.70. The van der Waals surface area contributed by atoms with Crippen LogP contribution in [-0.2, 0) is 0 Å². The molecule has 0 bridgehead atoms. The molecule has 3 N–H and O–H groups in total. The second-order valence-electron chi connectivity index (χ2n) is 3.30. The SMILES string of the molecule is N#CC1=C(N)NC(c2ccc(Br)cc2)=NC1. The van der Waals surface area contributed by atoms with Crippen LogP contribution >= 0.6 is 15.9 Å². The third kappa shape index (κ3) is 2.07. The monoisotopic (exact) mass is 276 g/mol. The Bertz CT molecular complexity index is 508. The predicted molar refractivity (Wildman–Crippen MR) is 65.5 cm³/mol. The zero-order valence-corrected chi connectivity index (χ0v) is 9.95. The number of nitrogens with two attached hydrogens (primary N) is 1. The summed E-state index contributed by atoms with van der Waals surface area (Å²) in [5.41, 5.74) is 7.12. The number of aliphatic imine (C=N–C) groups is 1. The Hall–Kier alpha value is -1.80. The summed E-state index contributed by atoms with van der Waals surface area (Å²) in [5, 5.41) is 11.7. The number of hydrogen-bond donors (Lipinski definition) is 2. The maximum atomic E-state index is 8.75. The quantitative estimate of drug-likeness (QED) is 0.816. The van der Waals surface area contributed by atoms with Crippen molar-refractivity contribution in [2.45, 2.75) is 0 Å². The fraction of sp³-hybridized carbons (Fsp3) is 0.0909. The Kier molecular flexibility index (Phi) is 2.93. The highest BCUT2D eigenvalue weighted by atomic mass is 79.9. The minimum absolute atomic E-state index is 0.334. The molecule has 0 unspecified atom stereocenters. The third-order valence-corrected chi connectivity index (χ3v) is 2.75. The second kappa shape index (κ2) is 4.37. The molecular formula is C11H9BrN4. The maximum absolute atomic E-state index is 8.75. The fourth-order valence-corrected chi connectivity index (χ4v) is 1.62. The van der Waals surface area contributed by atoms with Crippen LogP contribution in [0.5, 0.6) is 0 Å². The normalized spacial score (nSPS) is 15.1. The number of amidine groups is 1. The average molecular weight is 277 g/mol. The van der Waals surface area contributed by atoms with Crippen LogP contribution in [0.3, 0.4) is 0 Å². The summed E-state index contributed by atoms with van der Waals surface area (Å²) in [5.74, 6) is 1.08. The molecule has 1 aromatic carbocycles. The van der Waals surface area contributed by atoms with Crippen LogP contribution in [-0.4, -0.2) is 12.4 Å². The molecule has 0 spiro atoms. The Morgan fingerprint density at radius 1 is 1.38 bits per heavy atom. The molecule has 0 amide bonds. The molecule has 1 aliphatic heterocycles. The summed E-state index contributed by atoms with van der Waals surface area (Å²) < 4.78 is 1.01. The van der Waals surface area contributed by atoms with E-state index < -0.39 is 0 Å². The van der Waals surface area contributed by atoms with Gasteiger partial charge in [0, 0.05) is 10.0 Å². The van der Waals surface area contributed by atoms with Gasteiger partial charge in [-0.2, -0.15) is 5.26 Å². The number of nitriles is 1. The zero-order valence-electron chi connectivity index (χ0n) is 8.37. The molecule has 0 aromatic heterocycles. The van der Waals surface area contributed by atoms with E-state index >= 15 is 0 Å². The van der Waals surface area contributed by atoms with Crippen LogP contribution in [0.4, 0.5) is 0 Å². The van der Waals surface area contributed by atoms with Gasteiger partial charge >= 0.3 is 0 Å². The van der Waals surface area contributed by atoms with E-state index in [9.17, 15) is 0 Å². The summed E-state index contributed by atoms with van der Waals surface area (Å²) >= 11 is 3.36. The summed E-state index contributed by atoms with van der Waals surface area (Å²) in [6.45, 7) is 0.334. The molecular weight excluding hydrogens is 268 g/mol. The molecule has 0 radical (unpaired) electrons. The predicted octanol–water partition coefficient (Wildman–Crippen LogP) is 1.49. The van der Waals surface area contributed by atoms with Gasteiger partial charge in [0.15, 0.2) is 0 Å². The molecule has 0 saturated heterocycles. The lowest BCUT2D eigenvalue weighted by molar-refractivity contribution is 0.959. The molecule has 1 aromatic rings. The van der Waals surface area contributed by atoms with Crippen molar-refractivity contribution in [3.05, 3.63) is 45.7 Å². The lowest BCUT2D eigenvalue weighted by Crippen LogP contribution is -2.33. The van der Waals surface area contributed by atoms with Crippen LogP contribution in [0.25, 0.3) is 0 Å². The van der Waals surface area contributed by atoms with E-state index in [0.717, 1.165) is 10.0 Å². The lowest BCUT2D eigenvalue weighted by atomic mass is 10.1. The molecule has 0 atom stereocenters. The van der Waals surface area contributed by atoms with Crippen molar-refractivity contribution in [2.75, 3.05) is 6.54 Å². The van der Waals surface area contributed by atoms with Gasteiger partial charge in [0.25, 0.3) is 0 Å². The number of nitrogens with one attached hydrogen (secondary N) is 1. The summed E-state index contributed by atoms with van der Waals surface area (Å²) in [6, 6.07) is 9.73. The van der Waals surface area contributed by atoms with Crippen molar-refractivity contribution in [1.29, 1.82) is 5.26 Å². The molecule has 1 aliphatic rings. The minimum Gasteiger partial charge on any atom is -0.384 e. The molecule has 0 fully saturated rings. The largest absolute Gasteiger partial charge is 0.384 e. The first kappa shape index (κ1) is 10.7. The number of hydrogen-bond acceptors (Lipinski definition) is 4. The summed E-state index contributed by atoms with van der Waals surface area (Å²) in [4.78, 5) is 4.26. The minimum atomic E-state index is 0.334. The van der Waals surface area contributed by atoms with Crippen molar-refractivity contribution in [3.8, 4) is 6.07 Å². The Morgan fingerprint density at radius 2 is 2.06 bits per heavy atom. The summed E-state index contributed by atoms with van der Waals surface area (Å²) in [7, 11) is 0. The van der Waals surface area contributed by atoms with E-state index in [4.69, 9.17) is 11.0 Å². The van der Waals surface area contributed by atoms with Gasteiger partial charge in [-0.05, 0) is 12.1 Å². The van der Waals surface area contributed by atoms with E-state index in [2.05, 4.69) is 26.2 Å². The van der Waals surface area contributed by atoms with Gasteiger partial charge in [-0.3, -0.25) is 4.99 Å². The topological polar surface area (TPSA) is 74.2 Å². The van der Waals surface area contributed by atoms with Crippen LogP contribution in [0.15, 0.2) is 45.1 Å². The fourth-order valence-electron chi connectivity index (χ4n) is 1.35. The van der Waals surface area contributed by atoms with Crippen molar-refractivity contribution < 1.29 is 0 Å². The smallest absolute Gasteiger partial charge is 0.134 e. The van der Waals surface area contributed by atoms with Crippen LogP contribution in [0, 0.1) is 11.3 Å². The van der Waals surface area contributed by atoms with Gasteiger partial charge in [0.05, 0.1) is 12.1 Å². The van der Waals surface area contributed by atoms with Crippen LogP contribution in [0.1, 0.15) is 5.56 Å². The average Bonchev–Trinajstić information content (AvgIpc) is 2.30. The lowest BCUT2D eigenvalue weighted by Gasteiger charge is -2.16. The summed E-state index contributed by atoms with van der Waals surface area (Å²) in [6.07, 6.45) is 0. The van der Waals surface area contributed by atoms with Gasteiger partial charge in [-0.15, -0.1) is 0 Å². The second-order valence-corrected chi connectivity index (χ2v) is 4.22. The van der Waals surface area contributed by atoms with Gasteiger partial charge in [-0.1, -0.05) is 28.1 Å². The van der Waals surface area contributed by atoms with Gasteiger partial charge in [-0.25, -0.2) is 0 Å². The standard InChI is InChI=1S/C11H9BrN4/c12-9-3-1-7(2-4-9)11-15-6-8(5-13)10(14)16-11/h1-4H,6,14H2,(H,15,16). The third-order valence-electron chi connectivity index (χ3n) is 2.23. The van der Waals surface area contributed by atoms with Gasteiger partial charge in [0.2, 0.25) is 0 Å². The number of benzene rings is 1. The van der Waals surface area contributed by atoms with E-state index in [1.807, 2.05) is 30.3 Å². The van der Waals surface area contributed by atoms with Crippen molar-refractivity contribution in [1.82, 2.24) is 5.32 Å². The Morgan fingerprint density at radius 3 is 2.62 bits per heavy atom. The molecule has 0 aliphatic carbocycles. The Balaban J connectivity index is 2.24. The molecule has 80 valence electrons. The van der Waals surface area contributed by atoms with Gasteiger partial charge in [0.1, 0.15) is 17.7 Å². The first-order valence-electron chi connectivity index (χ1n) is 4.67. The molecule has 1 heterocycles. The van der Waals surface area contributed by atoms with Crippen molar-refractivity contribution in [2.24, 2.45) is 10.7 Å². The number of nitrogens with zero attached hydrogens (tertiary/aromatic N) is 2. The van der Waals surface area contributed by atoms with Crippen molar-refractivity contribution in [3.63, 3.8) is 0 Å². The van der Waals surface area contributed by atoms with E-state index in [0.29, 0.717) is 23.8 Å². The van der Waals surface area contributed by atoms with E-state index in [1.165, 1.54) is 0 Å². The number of halogens is 1.